The SMILES string of the molecule is COCCNC(CN1CCCC1)C(C)C. The lowest BCUT2D eigenvalue weighted by Gasteiger charge is -2.27. The molecule has 0 bridgehead atoms. The van der Waals surface area contributed by atoms with Crippen molar-refractivity contribution in [3.05, 3.63) is 0 Å². The molecule has 3 nitrogen and oxygen atoms in total. The van der Waals surface area contributed by atoms with Crippen LogP contribution >= 0.6 is 0 Å². The minimum Gasteiger partial charge on any atom is -0.383 e. The maximum Gasteiger partial charge on any atom is 0.0587 e. The van der Waals surface area contributed by atoms with Gasteiger partial charge in [-0.15, -0.1) is 0 Å². The van der Waals surface area contributed by atoms with Gasteiger partial charge in [0, 0.05) is 26.2 Å². The number of likely N-dealkylation sites (tertiary alicyclic amines) is 1. The smallest absolute Gasteiger partial charge is 0.0587 e. The molecule has 1 rings (SSSR count). The van der Waals surface area contributed by atoms with Crippen LogP contribution in [0.5, 0.6) is 0 Å². The van der Waals surface area contributed by atoms with Crippen molar-refractivity contribution in [2.24, 2.45) is 5.92 Å². The minimum absolute atomic E-state index is 0.609. The summed E-state index contributed by atoms with van der Waals surface area (Å²) in [6.07, 6.45) is 2.76. The molecule has 0 aliphatic carbocycles. The topological polar surface area (TPSA) is 24.5 Å². The Hall–Kier alpha value is -0.120. The minimum atomic E-state index is 0.609. The molecule has 1 saturated heterocycles. The maximum absolute atomic E-state index is 5.07. The summed E-state index contributed by atoms with van der Waals surface area (Å²) in [7, 11) is 1.76. The van der Waals surface area contributed by atoms with E-state index in [4.69, 9.17) is 4.74 Å². The Morgan fingerprint density at radius 3 is 2.47 bits per heavy atom. The third-order valence-electron chi connectivity index (χ3n) is 3.17. The van der Waals surface area contributed by atoms with Crippen LogP contribution in [0.2, 0.25) is 0 Å². The summed E-state index contributed by atoms with van der Waals surface area (Å²) in [6.45, 7) is 10.1. The summed E-state index contributed by atoms with van der Waals surface area (Å²) < 4.78 is 5.07. The highest BCUT2D eigenvalue weighted by atomic mass is 16.5. The third-order valence-corrected chi connectivity index (χ3v) is 3.17. The zero-order valence-corrected chi connectivity index (χ0v) is 10.5. The van der Waals surface area contributed by atoms with Crippen molar-refractivity contribution in [2.45, 2.75) is 32.7 Å². The van der Waals surface area contributed by atoms with Crippen LogP contribution in [0, 0.1) is 5.92 Å². The molecule has 0 aromatic rings. The van der Waals surface area contributed by atoms with E-state index in [2.05, 4.69) is 24.1 Å². The zero-order chi connectivity index (χ0) is 11.1. The first-order chi connectivity index (χ1) is 7.24. The first kappa shape index (κ1) is 12.9. The Morgan fingerprint density at radius 1 is 1.27 bits per heavy atom. The molecule has 1 unspecified atom stereocenters. The van der Waals surface area contributed by atoms with Gasteiger partial charge in [-0.2, -0.15) is 0 Å². The van der Waals surface area contributed by atoms with Gasteiger partial charge in [0.25, 0.3) is 0 Å². The first-order valence-electron chi connectivity index (χ1n) is 6.18. The number of nitrogens with zero attached hydrogens (tertiary/aromatic N) is 1. The van der Waals surface area contributed by atoms with Crippen molar-refractivity contribution in [3.63, 3.8) is 0 Å². The molecule has 1 heterocycles. The van der Waals surface area contributed by atoms with Crippen molar-refractivity contribution in [3.8, 4) is 0 Å². The summed E-state index contributed by atoms with van der Waals surface area (Å²) >= 11 is 0. The van der Waals surface area contributed by atoms with E-state index in [0.717, 1.165) is 13.2 Å². The Bertz CT molecular complexity index is 156. The fourth-order valence-electron chi connectivity index (χ4n) is 2.10. The Morgan fingerprint density at radius 2 is 1.93 bits per heavy atom. The van der Waals surface area contributed by atoms with Crippen LogP contribution < -0.4 is 5.32 Å². The summed E-state index contributed by atoms with van der Waals surface area (Å²) in [5.74, 6) is 0.697. The Balaban J connectivity index is 2.22. The first-order valence-corrected chi connectivity index (χ1v) is 6.18. The molecule has 0 radical (unpaired) electrons. The number of rotatable bonds is 7. The van der Waals surface area contributed by atoms with Crippen LogP contribution in [-0.2, 0) is 4.74 Å². The quantitative estimate of drug-likeness (QED) is 0.647. The van der Waals surface area contributed by atoms with Crippen LogP contribution in [0.1, 0.15) is 26.7 Å². The second-order valence-electron chi connectivity index (χ2n) is 4.81. The fraction of sp³-hybridized carbons (Fsp3) is 1.00. The van der Waals surface area contributed by atoms with E-state index >= 15 is 0 Å². The number of hydrogen-bond donors (Lipinski definition) is 1. The second kappa shape index (κ2) is 7.20. The summed E-state index contributed by atoms with van der Waals surface area (Å²) in [6, 6.07) is 0.609. The Kier molecular flexibility index (Phi) is 6.22. The molecule has 0 amide bonds. The molecular formula is C12H26N2O. The maximum atomic E-state index is 5.07. The molecule has 0 aromatic heterocycles. The van der Waals surface area contributed by atoms with Crippen LogP contribution in [0.4, 0.5) is 0 Å². The zero-order valence-electron chi connectivity index (χ0n) is 10.5. The lowest BCUT2D eigenvalue weighted by Crippen LogP contribution is -2.44. The van der Waals surface area contributed by atoms with E-state index in [1.165, 1.54) is 32.5 Å². The van der Waals surface area contributed by atoms with E-state index in [9.17, 15) is 0 Å². The number of hydrogen-bond acceptors (Lipinski definition) is 3. The van der Waals surface area contributed by atoms with Gasteiger partial charge < -0.3 is 15.0 Å². The predicted molar refractivity (Wildman–Crippen MR) is 64.2 cm³/mol. The van der Waals surface area contributed by atoms with E-state index in [1.807, 2.05) is 0 Å². The average molecular weight is 214 g/mol. The predicted octanol–water partition coefficient (Wildman–Crippen LogP) is 1.34. The normalized spacial score (nSPS) is 20.0. The molecule has 0 saturated carbocycles. The lowest BCUT2D eigenvalue weighted by atomic mass is 10.0. The molecule has 0 spiro atoms. The number of nitrogens with one attached hydrogen (secondary N) is 1. The van der Waals surface area contributed by atoms with Gasteiger partial charge in [0.1, 0.15) is 0 Å². The average Bonchev–Trinajstić information content (AvgIpc) is 2.69. The van der Waals surface area contributed by atoms with Crippen molar-refractivity contribution < 1.29 is 4.74 Å². The van der Waals surface area contributed by atoms with Gasteiger partial charge in [0.05, 0.1) is 6.61 Å². The lowest BCUT2D eigenvalue weighted by molar-refractivity contribution is 0.183. The number of ether oxygens (including phenoxy) is 1. The number of methoxy groups -OCH3 is 1. The molecule has 90 valence electrons. The molecule has 1 N–H and O–H groups in total. The highest BCUT2D eigenvalue weighted by Crippen LogP contribution is 2.11. The van der Waals surface area contributed by atoms with Gasteiger partial charge in [-0.25, -0.2) is 0 Å². The highest BCUT2D eigenvalue weighted by Gasteiger charge is 2.19. The third kappa shape index (κ3) is 4.96. The molecule has 3 heteroatoms. The van der Waals surface area contributed by atoms with Gasteiger partial charge in [-0.05, 0) is 31.8 Å². The monoisotopic (exact) mass is 214 g/mol. The van der Waals surface area contributed by atoms with Crippen LogP contribution in [0.3, 0.4) is 0 Å². The largest absolute Gasteiger partial charge is 0.383 e. The van der Waals surface area contributed by atoms with E-state index in [0.29, 0.717) is 12.0 Å². The van der Waals surface area contributed by atoms with Gasteiger partial charge in [-0.1, -0.05) is 13.8 Å². The van der Waals surface area contributed by atoms with Crippen molar-refractivity contribution in [2.75, 3.05) is 39.9 Å². The van der Waals surface area contributed by atoms with E-state index in [1.54, 1.807) is 7.11 Å². The highest BCUT2D eigenvalue weighted by molar-refractivity contribution is 4.77. The standard InChI is InChI=1S/C12H26N2O/c1-11(2)12(13-6-9-15-3)10-14-7-4-5-8-14/h11-13H,4-10H2,1-3H3. The molecule has 1 atom stereocenters. The summed E-state index contributed by atoms with van der Waals surface area (Å²) in [5, 5.41) is 3.58. The summed E-state index contributed by atoms with van der Waals surface area (Å²) in [5.41, 5.74) is 0. The van der Waals surface area contributed by atoms with Gasteiger partial charge in [0.15, 0.2) is 0 Å². The molecular weight excluding hydrogens is 188 g/mol. The molecule has 1 aliphatic rings. The fourth-order valence-corrected chi connectivity index (χ4v) is 2.10. The van der Waals surface area contributed by atoms with Gasteiger partial charge in [-0.3, -0.25) is 0 Å². The molecule has 1 fully saturated rings. The van der Waals surface area contributed by atoms with Crippen LogP contribution in [0.15, 0.2) is 0 Å². The van der Waals surface area contributed by atoms with Crippen molar-refractivity contribution in [1.29, 1.82) is 0 Å². The van der Waals surface area contributed by atoms with Gasteiger partial charge in [0.2, 0.25) is 0 Å². The van der Waals surface area contributed by atoms with Crippen molar-refractivity contribution in [1.82, 2.24) is 10.2 Å². The van der Waals surface area contributed by atoms with E-state index < -0.39 is 0 Å². The van der Waals surface area contributed by atoms with Crippen LogP contribution in [0.25, 0.3) is 0 Å². The molecule has 0 aromatic carbocycles. The van der Waals surface area contributed by atoms with Crippen LogP contribution in [-0.4, -0.2) is 50.8 Å². The molecule has 1 aliphatic heterocycles. The van der Waals surface area contributed by atoms with Gasteiger partial charge >= 0.3 is 0 Å². The van der Waals surface area contributed by atoms with Crippen molar-refractivity contribution >= 4 is 0 Å². The van der Waals surface area contributed by atoms with E-state index in [-0.39, 0.29) is 0 Å². The summed E-state index contributed by atoms with van der Waals surface area (Å²) in [4.78, 5) is 2.57. The second-order valence-corrected chi connectivity index (χ2v) is 4.81. The molecule has 15 heavy (non-hydrogen) atoms. The Labute approximate surface area is 94.2 Å².